The lowest BCUT2D eigenvalue weighted by atomic mass is 9.81. The molecule has 1 aromatic carbocycles. The molecule has 1 saturated heterocycles. The lowest BCUT2D eigenvalue weighted by Crippen LogP contribution is -2.28. The second-order valence-electron chi connectivity index (χ2n) is 7.12. The van der Waals surface area contributed by atoms with Crippen molar-refractivity contribution in [2.45, 2.75) is 39.5 Å². The van der Waals surface area contributed by atoms with Crippen LogP contribution >= 0.6 is 23.4 Å². The number of benzene rings is 1. The van der Waals surface area contributed by atoms with Crippen molar-refractivity contribution in [1.82, 2.24) is 4.90 Å². The summed E-state index contributed by atoms with van der Waals surface area (Å²) in [5, 5.41) is 2.11. The van der Waals surface area contributed by atoms with Crippen LogP contribution in [0.15, 0.2) is 46.5 Å². The van der Waals surface area contributed by atoms with Gasteiger partial charge in [0.1, 0.15) is 6.54 Å². The van der Waals surface area contributed by atoms with Crippen LogP contribution in [-0.2, 0) is 5.41 Å². The molecule has 2 aliphatic rings. The summed E-state index contributed by atoms with van der Waals surface area (Å²) in [6.07, 6.45) is 5.43. The van der Waals surface area contributed by atoms with Gasteiger partial charge in [0.2, 0.25) is 5.69 Å². The lowest BCUT2D eigenvalue weighted by Gasteiger charge is -2.17. The third-order valence-electron chi connectivity index (χ3n) is 5.09. The van der Waals surface area contributed by atoms with Crippen LogP contribution in [0.4, 0.5) is 5.69 Å². The van der Waals surface area contributed by atoms with Gasteiger partial charge in [-0.15, -0.1) is 11.8 Å². The molecule has 0 bridgehead atoms. The molecule has 134 valence electrons. The first-order valence-electron chi connectivity index (χ1n) is 9.20. The Morgan fingerprint density at radius 1 is 1.32 bits per heavy atom. The fourth-order valence-corrected chi connectivity index (χ4v) is 5.17. The maximum Gasteiger partial charge on any atom is 0.209 e. The van der Waals surface area contributed by atoms with Gasteiger partial charge in [-0.1, -0.05) is 36.7 Å². The van der Waals surface area contributed by atoms with E-state index in [1.807, 2.05) is 11.8 Å². The largest absolute Gasteiger partial charge is 0.366 e. The van der Waals surface area contributed by atoms with E-state index in [0.717, 1.165) is 36.8 Å². The zero-order chi connectivity index (χ0) is 18.0. The summed E-state index contributed by atoms with van der Waals surface area (Å²) < 4.78 is 2.44. The molecule has 0 spiro atoms. The predicted molar refractivity (Wildman–Crippen MR) is 111 cm³/mol. The van der Waals surface area contributed by atoms with Gasteiger partial charge in [0, 0.05) is 48.0 Å². The molecule has 0 aliphatic carbocycles. The zero-order valence-corrected chi connectivity index (χ0v) is 17.3. The summed E-state index contributed by atoms with van der Waals surface area (Å²) in [5.74, 6) is 1.15. The van der Waals surface area contributed by atoms with Crippen molar-refractivity contribution >= 4 is 34.8 Å². The molecule has 0 amide bonds. The summed E-state index contributed by atoms with van der Waals surface area (Å²) >= 11 is 8.59. The van der Waals surface area contributed by atoms with Crippen molar-refractivity contribution in [3.8, 4) is 0 Å². The van der Waals surface area contributed by atoms with E-state index in [-0.39, 0.29) is 5.41 Å². The van der Waals surface area contributed by atoms with Gasteiger partial charge in [0.15, 0.2) is 5.71 Å². The molecule has 4 heteroatoms. The molecule has 1 fully saturated rings. The molecule has 0 N–H and O–H groups in total. The van der Waals surface area contributed by atoms with Crippen molar-refractivity contribution in [1.29, 1.82) is 0 Å². The van der Waals surface area contributed by atoms with Gasteiger partial charge in [-0.3, -0.25) is 0 Å². The third kappa shape index (κ3) is 3.54. The Hall–Kier alpha value is -1.19. The van der Waals surface area contributed by atoms with Crippen molar-refractivity contribution in [2.75, 3.05) is 25.4 Å². The Labute approximate surface area is 161 Å². The van der Waals surface area contributed by atoms with Gasteiger partial charge >= 0.3 is 0 Å². The summed E-state index contributed by atoms with van der Waals surface area (Å²) in [6.45, 7) is 12.2. The Kier molecular flexibility index (Phi) is 5.65. The smallest absolute Gasteiger partial charge is 0.209 e. The number of allylic oxidation sites excluding steroid dienone is 3. The van der Waals surface area contributed by atoms with E-state index in [9.17, 15) is 0 Å². The van der Waals surface area contributed by atoms with Crippen LogP contribution in [0, 0.1) is 0 Å². The fourth-order valence-electron chi connectivity index (χ4n) is 3.76. The highest BCUT2D eigenvalue weighted by atomic mass is 35.5. The summed E-state index contributed by atoms with van der Waals surface area (Å²) in [4.78, 5) is 2.39. The highest BCUT2D eigenvalue weighted by Crippen LogP contribution is 2.40. The fraction of sp³-hybridized carbons (Fsp3) is 0.476. The number of fused-ring (bicyclic) bond motifs is 1. The maximum atomic E-state index is 6.70. The molecule has 3 rings (SSSR count). The summed E-state index contributed by atoms with van der Waals surface area (Å²) in [6, 6.07) is 8.74. The van der Waals surface area contributed by atoms with Gasteiger partial charge < -0.3 is 4.90 Å². The molecular weight excluding hydrogens is 348 g/mol. The van der Waals surface area contributed by atoms with Crippen molar-refractivity contribution in [3.63, 3.8) is 0 Å². The van der Waals surface area contributed by atoms with Crippen molar-refractivity contribution in [3.05, 3.63) is 52.0 Å². The highest BCUT2D eigenvalue weighted by molar-refractivity contribution is 8.03. The van der Waals surface area contributed by atoms with E-state index in [2.05, 4.69) is 73.6 Å². The van der Waals surface area contributed by atoms with Crippen LogP contribution in [0.2, 0.25) is 0 Å². The average Bonchev–Trinajstić information content (AvgIpc) is 3.12. The minimum Gasteiger partial charge on any atom is -0.366 e. The van der Waals surface area contributed by atoms with Crippen LogP contribution < -0.4 is 0 Å². The molecule has 0 radical (unpaired) electrons. The topological polar surface area (TPSA) is 6.25 Å². The Balaban J connectivity index is 2.02. The monoisotopic (exact) mass is 375 g/mol. The van der Waals surface area contributed by atoms with E-state index < -0.39 is 0 Å². The SMILES string of the molecule is CCC[N+]1=C(/C=C(Cl)/C=C2\SCCN2CC)C(C)(C)c2ccccc21. The summed E-state index contributed by atoms with van der Waals surface area (Å²) in [5.41, 5.74) is 3.97. The first-order valence-corrected chi connectivity index (χ1v) is 10.6. The van der Waals surface area contributed by atoms with Crippen LogP contribution in [0.1, 0.15) is 39.7 Å². The first-order chi connectivity index (χ1) is 12.0. The number of nitrogens with zero attached hydrogens (tertiary/aromatic N) is 2. The van der Waals surface area contributed by atoms with E-state index in [1.54, 1.807) is 0 Å². The number of rotatable bonds is 5. The van der Waals surface area contributed by atoms with Crippen LogP contribution in [0.3, 0.4) is 0 Å². The maximum absolute atomic E-state index is 6.70. The zero-order valence-electron chi connectivity index (χ0n) is 15.7. The number of hydrogen-bond donors (Lipinski definition) is 0. The Morgan fingerprint density at radius 2 is 2.08 bits per heavy atom. The minimum absolute atomic E-state index is 0.0301. The van der Waals surface area contributed by atoms with E-state index in [4.69, 9.17) is 11.6 Å². The molecule has 1 aromatic rings. The van der Waals surface area contributed by atoms with Crippen molar-refractivity contribution < 1.29 is 4.58 Å². The van der Waals surface area contributed by atoms with Gasteiger partial charge in [-0.2, -0.15) is 4.58 Å². The third-order valence-corrected chi connectivity index (χ3v) is 6.36. The predicted octanol–water partition coefficient (Wildman–Crippen LogP) is 5.51. The average molecular weight is 376 g/mol. The Morgan fingerprint density at radius 3 is 2.80 bits per heavy atom. The number of hydrogen-bond acceptors (Lipinski definition) is 2. The van der Waals surface area contributed by atoms with Crippen LogP contribution in [0.5, 0.6) is 0 Å². The summed E-state index contributed by atoms with van der Waals surface area (Å²) in [7, 11) is 0. The van der Waals surface area contributed by atoms with Gasteiger partial charge in [-0.25, -0.2) is 0 Å². The second kappa shape index (κ2) is 7.59. The number of thioether (sulfide) groups is 1. The molecule has 0 aromatic heterocycles. The minimum atomic E-state index is -0.0301. The standard InChI is InChI=1S/C21H28ClN2S/c1-5-11-24-18-10-8-7-9-17(18)21(3,4)19(24)14-16(22)15-20-23(6-2)12-13-25-20/h7-10,14-15H,5-6,11-13H2,1-4H3/q+1. The Bertz CT molecular complexity index is 746. The molecule has 2 aliphatic heterocycles. The van der Waals surface area contributed by atoms with E-state index in [1.165, 1.54) is 22.0 Å². The molecule has 0 atom stereocenters. The molecule has 25 heavy (non-hydrogen) atoms. The van der Waals surface area contributed by atoms with E-state index >= 15 is 0 Å². The second-order valence-corrected chi connectivity index (χ2v) is 8.67. The number of halogens is 1. The molecular formula is C21H28ClN2S+. The van der Waals surface area contributed by atoms with Gasteiger partial charge in [0.05, 0.1) is 10.4 Å². The lowest BCUT2D eigenvalue weighted by molar-refractivity contribution is -0.437. The quantitative estimate of drug-likeness (QED) is 0.626. The number of para-hydroxylation sites is 1. The van der Waals surface area contributed by atoms with Crippen LogP contribution in [0.25, 0.3) is 0 Å². The molecule has 2 nitrogen and oxygen atoms in total. The van der Waals surface area contributed by atoms with Crippen LogP contribution in [-0.4, -0.2) is 40.6 Å². The van der Waals surface area contributed by atoms with Gasteiger partial charge in [-0.05, 0) is 26.8 Å². The normalized spacial score (nSPS) is 21.4. The van der Waals surface area contributed by atoms with E-state index in [0.29, 0.717) is 0 Å². The molecule has 2 heterocycles. The first kappa shape index (κ1) is 18.6. The molecule has 0 saturated carbocycles. The van der Waals surface area contributed by atoms with Crippen molar-refractivity contribution in [2.24, 2.45) is 0 Å². The molecule has 0 unspecified atom stereocenters. The highest BCUT2D eigenvalue weighted by Gasteiger charge is 2.44. The van der Waals surface area contributed by atoms with Gasteiger partial charge in [0.25, 0.3) is 0 Å².